The summed E-state index contributed by atoms with van der Waals surface area (Å²) in [5.74, 6) is -0.620. The van der Waals surface area contributed by atoms with Gasteiger partial charge in [0.1, 0.15) is 0 Å². The van der Waals surface area contributed by atoms with Crippen LogP contribution in [0.2, 0.25) is 0 Å². The predicted octanol–water partition coefficient (Wildman–Crippen LogP) is -0.847. The first-order valence-corrected chi connectivity index (χ1v) is 19.1. The van der Waals surface area contributed by atoms with Crippen LogP contribution < -0.4 is 0 Å². The number of ether oxygens (including phenoxy) is 15. The van der Waals surface area contributed by atoms with Gasteiger partial charge in [0.25, 0.3) is 11.8 Å². The van der Waals surface area contributed by atoms with Crippen molar-refractivity contribution >= 4 is 11.8 Å². The van der Waals surface area contributed by atoms with Crippen molar-refractivity contribution in [1.82, 2.24) is 4.90 Å². The van der Waals surface area contributed by atoms with Gasteiger partial charge in [-0.3, -0.25) is 14.5 Å². The maximum absolute atomic E-state index is 11.4. The first kappa shape index (κ1) is 51.3. The van der Waals surface area contributed by atoms with Gasteiger partial charge in [0.05, 0.1) is 211 Å². The smallest absolute Gasteiger partial charge is 0.253 e. The van der Waals surface area contributed by atoms with Gasteiger partial charge in [0.2, 0.25) is 0 Å². The fourth-order valence-electron chi connectivity index (χ4n) is 4.05. The molecular weight excluding hydrogens is 734 g/mol. The Bertz CT molecular complexity index is 840. The third-order valence-corrected chi connectivity index (χ3v) is 6.80. The van der Waals surface area contributed by atoms with Crippen molar-refractivity contribution in [2.45, 2.75) is 0 Å². The molecule has 19 nitrogen and oxygen atoms in total. The second-order valence-corrected chi connectivity index (χ2v) is 11.1. The lowest BCUT2D eigenvalue weighted by atomic mass is 10.5. The number of hydrogen-bond acceptors (Lipinski definition) is 18. The Morgan fingerprint density at radius 1 is 0.291 bits per heavy atom. The summed E-state index contributed by atoms with van der Waals surface area (Å²) in [6.45, 7) is 14.1. The van der Waals surface area contributed by atoms with Crippen LogP contribution in [0.4, 0.5) is 0 Å². The molecular formula is C36H67NO18. The number of aliphatic hydroxyl groups excluding tert-OH is 1. The summed E-state index contributed by atoms with van der Waals surface area (Å²) in [4.78, 5) is 24.0. The minimum Gasteiger partial charge on any atom is -0.394 e. The van der Waals surface area contributed by atoms with Crippen molar-refractivity contribution in [3.05, 3.63) is 12.2 Å². The molecule has 1 aliphatic heterocycles. The zero-order valence-electron chi connectivity index (χ0n) is 32.6. The van der Waals surface area contributed by atoms with Gasteiger partial charge >= 0.3 is 0 Å². The quantitative estimate of drug-likeness (QED) is 0.0590. The van der Waals surface area contributed by atoms with E-state index in [0.717, 1.165) is 4.90 Å². The minimum atomic E-state index is -0.310. The molecule has 0 bridgehead atoms. The van der Waals surface area contributed by atoms with Gasteiger partial charge in [-0.05, 0) is 0 Å². The van der Waals surface area contributed by atoms with Crippen molar-refractivity contribution in [1.29, 1.82) is 0 Å². The molecule has 0 aromatic rings. The van der Waals surface area contributed by atoms with Crippen LogP contribution in [0.15, 0.2) is 12.2 Å². The molecule has 0 saturated carbocycles. The topological polar surface area (TPSA) is 196 Å². The largest absolute Gasteiger partial charge is 0.394 e. The monoisotopic (exact) mass is 801 g/mol. The summed E-state index contributed by atoms with van der Waals surface area (Å²) in [7, 11) is 0. The first-order chi connectivity index (χ1) is 27.3. The van der Waals surface area contributed by atoms with E-state index in [1.54, 1.807) is 0 Å². The molecule has 0 fully saturated rings. The Kier molecular flexibility index (Phi) is 40.4. The molecule has 0 aliphatic carbocycles. The van der Waals surface area contributed by atoms with E-state index in [9.17, 15) is 9.59 Å². The third-order valence-electron chi connectivity index (χ3n) is 6.80. The van der Waals surface area contributed by atoms with E-state index in [0.29, 0.717) is 192 Å². The maximum atomic E-state index is 11.4. The standard InChI is InChI=1S/C36H67NO18/c38-4-6-42-8-10-44-12-14-46-16-18-48-20-22-50-24-26-52-28-30-54-32-34-55-33-31-53-29-27-51-25-23-49-21-19-47-17-15-45-13-11-43-9-7-41-5-3-37-35(39)1-2-36(37)40/h1-2,38H,3-34H2. The van der Waals surface area contributed by atoms with E-state index in [2.05, 4.69) is 0 Å². The van der Waals surface area contributed by atoms with Crippen LogP contribution in [0.25, 0.3) is 0 Å². The number of carbonyl (C=O) groups is 2. The molecule has 19 heteroatoms. The summed E-state index contributed by atoms with van der Waals surface area (Å²) < 4.78 is 81.3. The molecule has 55 heavy (non-hydrogen) atoms. The molecule has 0 radical (unpaired) electrons. The highest BCUT2D eigenvalue weighted by Gasteiger charge is 2.22. The fraction of sp³-hybridized carbons (Fsp3) is 0.889. The van der Waals surface area contributed by atoms with Gasteiger partial charge in [-0.15, -0.1) is 0 Å². The molecule has 0 atom stereocenters. The lowest BCUT2D eigenvalue weighted by Gasteiger charge is -2.13. The normalized spacial score (nSPS) is 12.9. The summed E-state index contributed by atoms with van der Waals surface area (Å²) in [5.41, 5.74) is 0. The van der Waals surface area contributed by atoms with E-state index in [-0.39, 0.29) is 31.6 Å². The van der Waals surface area contributed by atoms with Gasteiger partial charge < -0.3 is 76.2 Å². The van der Waals surface area contributed by atoms with E-state index in [4.69, 9.17) is 76.2 Å². The third kappa shape index (κ3) is 37.6. The van der Waals surface area contributed by atoms with E-state index in [1.807, 2.05) is 0 Å². The van der Waals surface area contributed by atoms with E-state index in [1.165, 1.54) is 12.2 Å². The van der Waals surface area contributed by atoms with Gasteiger partial charge in [0, 0.05) is 12.2 Å². The summed E-state index contributed by atoms with van der Waals surface area (Å²) in [5, 5.41) is 8.59. The Morgan fingerprint density at radius 3 is 0.636 bits per heavy atom. The van der Waals surface area contributed by atoms with Crippen LogP contribution in [0.1, 0.15) is 0 Å². The highest BCUT2D eigenvalue weighted by atomic mass is 16.6. The number of amides is 2. The summed E-state index contributed by atoms with van der Waals surface area (Å²) in [6.07, 6.45) is 2.51. The lowest BCUT2D eigenvalue weighted by molar-refractivity contribution is -0.137. The first-order valence-electron chi connectivity index (χ1n) is 19.1. The van der Waals surface area contributed by atoms with Crippen LogP contribution in [0.5, 0.6) is 0 Å². The zero-order chi connectivity index (χ0) is 39.4. The van der Waals surface area contributed by atoms with Crippen LogP contribution in [0, 0.1) is 0 Å². The molecule has 1 heterocycles. The predicted molar refractivity (Wildman–Crippen MR) is 195 cm³/mol. The second kappa shape index (κ2) is 43.4. The Hall–Kier alpha value is -1.76. The highest BCUT2D eigenvalue weighted by Crippen LogP contribution is 2.02. The molecule has 0 saturated heterocycles. The molecule has 2 amide bonds. The van der Waals surface area contributed by atoms with Gasteiger partial charge in [-0.1, -0.05) is 0 Å². The number of rotatable bonds is 47. The van der Waals surface area contributed by atoms with Gasteiger partial charge in [-0.2, -0.15) is 0 Å². The number of carbonyl (C=O) groups excluding carboxylic acids is 2. The Balaban J connectivity index is 1.60. The Morgan fingerprint density at radius 2 is 0.455 bits per heavy atom. The van der Waals surface area contributed by atoms with Crippen LogP contribution in [-0.2, 0) is 80.6 Å². The molecule has 324 valence electrons. The molecule has 1 aliphatic rings. The van der Waals surface area contributed by atoms with Gasteiger partial charge in [0.15, 0.2) is 0 Å². The molecule has 1 rings (SSSR count). The van der Waals surface area contributed by atoms with Crippen LogP contribution in [-0.4, -0.2) is 233 Å². The molecule has 0 spiro atoms. The number of aliphatic hydroxyl groups is 1. The molecule has 0 aromatic heterocycles. The SMILES string of the molecule is O=C1C=CC(=O)N1CCOCCOCCOCCOCCOCCOCCOCCOCCOCCOCCOCCOCCOCCOCCOCCO. The number of hydrogen-bond donors (Lipinski definition) is 1. The average Bonchev–Trinajstić information content (AvgIpc) is 3.51. The van der Waals surface area contributed by atoms with E-state index >= 15 is 0 Å². The minimum absolute atomic E-state index is 0.0186. The highest BCUT2D eigenvalue weighted by molar-refractivity contribution is 6.12. The van der Waals surface area contributed by atoms with Crippen molar-refractivity contribution in [3.63, 3.8) is 0 Å². The molecule has 0 unspecified atom stereocenters. The second-order valence-electron chi connectivity index (χ2n) is 11.1. The maximum Gasteiger partial charge on any atom is 0.253 e. The van der Waals surface area contributed by atoms with Crippen molar-refractivity contribution in [3.8, 4) is 0 Å². The number of imide groups is 1. The molecule has 1 N–H and O–H groups in total. The Labute approximate surface area is 325 Å². The van der Waals surface area contributed by atoms with Crippen LogP contribution >= 0.6 is 0 Å². The lowest BCUT2D eigenvalue weighted by Crippen LogP contribution is -2.33. The van der Waals surface area contributed by atoms with Crippen molar-refractivity contribution in [2.75, 3.05) is 211 Å². The van der Waals surface area contributed by atoms with Crippen molar-refractivity contribution in [2.24, 2.45) is 0 Å². The summed E-state index contributed by atoms with van der Waals surface area (Å²) >= 11 is 0. The summed E-state index contributed by atoms with van der Waals surface area (Å²) in [6, 6.07) is 0. The average molecular weight is 802 g/mol. The van der Waals surface area contributed by atoms with Crippen LogP contribution in [0.3, 0.4) is 0 Å². The molecule has 0 aromatic carbocycles. The van der Waals surface area contributed by atoms with E-state index < -0.39 is 0 Å². The van der Waals surface area contributed by atoms with Gasteiger partial charge in [-0.25, -0.2) is 0 Å². The number of nitrogens with zero attached hydrogens (tertiary/aromatic N) is 1. The van der Waals surface area contributed by atoms with Crippen molar-refractivity contribution < 1.29 is 85.7 Å². The zero-order valence-corrected chi connectivity index (χ0v) is 32.6. The fourth-order valence-corrected chi connectivity index (χ4v) is 4.05.